The maximum absolute atomic E-state index is 11.7. The SMILES string of the molecule is C.CC.CC[C@@H]1C2CCCCC2(C)C2CCC3(C)C(CCC3[C@H](C)CCC(=O)O)C2[C@@H]1O. The summed E-state index contributed by atoms with van der Waals surface area (Å²) in [6, 6.07) is 0. The highest BCUT2D eigenvalue weighted by Crippen LogP contribution is 2.69. The second-order valence-corrected chi connectivity index (χ2v) is 11.8. The second kappa shape index (κ2) is 10.8. The first kappa shape index (κ1) is 27.7. The molecule has 0 aliphatic heterocycles. The van der Waals surface area contributed by atoms with Gasteiger partial charge in [-0.15, -0.1) is 0 Å². The van der Waals surface area contributed by atoms with Gasteiger partial charge < -0.3 is 10.2 Å². The molecule has 4 aliphatic rings. The quantitative estimate of drug-likeness (QED) is 0.449. The summed E-state index contributed by atoms with van der Waals surface area (Å²) in [6.45, 7) is 13.7. The van der Waals surface area contributed by atoms with Crippen LogP contribution in [0, 0.1) is 52.3 Å². The zero-order chi connectivity index (χ0) is 23.0. The van der Waals surface area contributed by atoms with Crippen molar-refractivity contribution in [2.24, 2.45) is 52.3 Å². The average molecular weight is 451 g/mol. The molecule has 0 amide bonds. The fourth-order valence-electron chi connectivity index (χ4n) is 9.57. The molecule has 0 bridgehead atoms. The molecule has 2 N–H and O–H groups in total. The van der Waals surface area contributed by atoms with Crippen LogP contribution in [0.25, 0.3) is 0 Å². The normalized spacial score (nSPS) is 45.8. The molecule has 10 atom stereocenters. The maximum atomic E-state index is 11.7. The van der Waals surface area contributed by atoms with Crippen LogP contribution in [0.1, 0.15) is 120 Å². The lowest BCUT2D eigenvalue weighted by molar-refractivity contribution is -0.194. The molecule has 32 heavy (non-hydrogen) atoms. The third kappa shape index (κ3) is 4.41. The van der Waals surface area contributed by atoms with Crippen molar-refractivity contribution in [2.75, 3.05) is 0 Å². The Kier molecular flexibility index (Phi) is 9.33. The number of aliphatic hydroxyl groups is 1. The van der Waals surface area contributed by atoms with Gasteiger partial charge in [-0.3, -0.25) is 4.79 Å². The van der Waals surface area contributed by atoms with Gasteiger partial charge in [0.25, 0.3) is 0 Å². The van der Waals surface area contributed by atoms with E-state index in [1.807, 2.05) is 13.8 Å². The molecule has 0 spiro atoms. The summed E-state index contributed by atoms with van der Waals surface area (Å²) in [5.41, 5.74) is 0.716. The highest BCUT2D eigenvalue weighted by Gasteiger charge is 2.64. The lowest BCUT2D eigenvalue weighted by Gasteiger charge is -2.64. The van der Waals surface area contributed by atoms with Gasteiger partial charge in [0.2, 0.25) is 0 Å². The Morgan fingerprint density at radius 2 is 1.62 bits per heavy atom. The topological polar surface area (TPSA) is 57.5 Å². The Hall–Kier alpha value is -0.570. The number of rotatable bonds is 5. The highest BCUT2D eigenvalue weighted by molar-refractivity contribution is 5.66. The van der Waals surface area contributed by atoms with Crippen LogP contribution < -0.4 is 0 Å². The molecule has 4 rings (SSSR count). The molecule has 0 heterocycles. The fraction of sp³-hybridized carbons (Fsp3) is 0.966. The Bertz CT molecular complexity index is 618. The van der Waals surface area contributed by atoms with Crippen molar-refractivity contribution in [3.8, 4) is 0 Å². The standard InChI is InChI=1S/C26H44O3.C2H6.CH4/c1-5-17-19-8-6-7-14-25(19,3)21-13-15-26(4)18(16(2)9-12-22(27)28)10-11-20(26)23(21)24(17)29;1-2;/h16-21,23-24,29H,5-15H2,1-4H3,(H,27,28);1-2H3;1H4/t16-,17-,18?,19?,20?,21?,23?,24-,25?,26?;;/m1../s1. The van der Waals surface area contributed by atoms with Crippen LogP contribution in [0.2, 0.25) is 0 Å². The largest absolute Gasteiger partial charge is 0.481 e. The zero-order valence-electron chi connectivity index (χ0n) is 21.2. The molecule has 7 unspecified atom stereocenters. The summed E-state index contributed by atoms with van der Waals surface area (Å²) in [7, 11) is 0. The van der Waals surface area contributed by atoms with Gasteiger partial charge in [-0.1, -0.05) is 68.2 Å². The number of fused-ring (bicyclic) bond motifs is 5. The summed E-state index contributed by atoms with van der Waals surface area (Å²) in [4.78, 5) is 11.1. The summed E-state index contributed by atoms with van der Waals surface area (Å²) >= 11 is 0. The molecular weight excluding hydrogens is 396 g/mol. The number of aliphatic carboxylic acids is 1. The molecule has 4 fully saturated rings. The van der Waals surface area contributed by atoms with Crippen molar-refractivity contribution < 1.29 is 15.0 Å². The van der Waals surface area contributed by atoms with E-state index >= 15 is 0 Å². The third-order valence-electron chi connectivity index (χ3n) is 10.9. The van der Waals surface area contributed by atoms with E-state index in [0.717, 1.165) is 12.8 Å². The monoisotopic (exact) mass is 450 g/mol. The van der Waals surface area contributed by atoms with Crippen molar-refractivity contribution in [2.45, 2.75) is 126 Å². The first-order valence-corrected chi connectivity index (χ1v) is 13.6. The van der Waals surface area contributed by atoms with Gasteiger partial charge in [0, 0.05) is 6.42 Å². The predicted molar refractivity (Wildman–Crippen MR) is 135 cm³/mol. The second-order valence-electron chi connectivity index (χ2n) is 11.8. The van der Waals surface area contributed by atoms with E-state index in [4.69, 9.17) is 5.11 Å². The minimum absolute atomic E-state index is 0. The van der Waals surface area contributed by atoms with Crippen LogP contribution in [0.5, 0.6) is 0 Å². The molecule has 4 saturated carbocycles. The van der Waals surface area contributed by atoms with Crippen molar-refractivity contribution in [3.05, 3.63) is 0 Å². The molecule has 4 aliphatic carbocycles. The van der Waals surface area contributed by atoms with Crippen LogP contribution in [-0.2, 0) is 4.79 Å². The lowest BCUT2D eigenvalue weighted by atomic mass is 9.41. The molecule has 188 valence electrons. The summed E-state index contributed by atoms with van der Waals surface area (Å²) in [6.07, 6.45) is 12.5. The predicted octanol–water partition coefficient (Wildman–Crippen LogP) is 7.81. The van der Waals surface area contributed by atoms with Crippen LogP contribution in [0.4, 0.5) is 0 Å². The van der Waals surface area contributed by atoms with E-state index < -0.39 is 5.97 Å². The molecular formula is C29H54O3. The summed E-state index contributed by atoms with van der Waals surface area (Å²) < 4.78 is 0. The molecule has 0 radical (unpaired) electrons. The van der Waals surface area contributed by atoms with Crippen molar-refractivity contribution >= 4 is 5.97 Å². The lowest BCUT2D eigenvalue weighted by Crippen LogP contribution is -2.61. The Morgan fingerprint density at radius 3 is 2.25 bits per heavy atom. The highest BCUT2D eigenvalue weighted by atomic mass is 16.4. The molecule has 3 heteroatoms. The van der Waals surface area contributed by atoms with Gasteiger partial charge in [-0.2, -0.15) is 0 Å². The number of carbonyl (C=O) groups is 1. The van der Waals surface area contributed by atoms with Gasteiger partial charge in [0.15, 0.2) is 0 Å². The van der Waals surface area contributed by atoms with E-state index in [0.29, 0.717) is 53.3 Å². The molecule has 0 aromatic carbocycles. The van der Waals surface area contributed by atoms with Gasteiger partial charge in [-0.25, -0.2) is 0 Å². The van der Waals surface area contributed by atoms with Crippen LogP contribution >= 0.6 is 0 Å². The summed E-state index contributed by atoms with van der Waals surface area (Å²) in [5, 5.41) is 20.9. The average Bonchev–Trinajstić information content (AvgIpc) is 3.11. The number of hydrogen-bond acceptors (Lipinski definition) is 2. The van der Waals surface area contributed by atoms with Crippen LogP contribution in [-0.4, -0.2) is 22.3 Å². The smallest absolute Gasteiger partial charge is 0.303 e. The van der Waals surface area contributed by atoms with Crippen molar-refractivity contribution in [3.63, 3.8) is 0 Å². The minimum Gasteiger partial charge on any atom is -0.481 e. The molecule has 0 aromatic rings. The number of aliphatic hydroxyl groups excluding tert-OH is 1. The van der Waals surface area contributed by atoms with Gasteiger partial charge in [0.05, 0.1) is 6.10 Å². The van der Waals surface area contributed by atoms with E-state index in [-0.39, 0.29) is 18.9 Å². The Labute approximate surface area is 199 Å². The molecule has 0 saturated heterocycles. The van der Waals surface area contributed by atoms with E-state index in [2.05, 4.69) is 27.7 Å². The van der Waals surface area contributed by atoms with Crippen molar-refractivity contribution in [1.29, 1.82) is 0 Å². The van der Waals surface area contributed by atoms with Gasteiger partial charge in [0.1, 0.15) is 0 Å². The van der Waals surface area contributed by atoms with E-state index in [1.54, 1.807) is 0 Å². The van der Waals surface area contributed by atoms with Crippen molar-refractivity contribution in [1.82, 2.24) is 0 Å². The van der Waals surface area contributed by atoms with Crippen LogP contribution in [0.3, 0.4) is 0 Å². The number of hydrogen-bond donors (Lipinski definition) is 2. The third-order valence-corrected chi connectivity index (χ3v) is 10.9. The number of carboxylic acids is 1. The van der Waals surface area contributed by atoms with Gasteiger partial charge in [-0.05, 0) is 97.2 Å². The Morgan fingerprint density at radius 1 is 0.969 bits per heavy atom. The minimum atomic E-state index is -0.662. The van der Waals surface area contributed by atoms with E-state index in [1.165, 1.54) is 51.4 Å². The first-order valence-electron chi connectivity index (χ1n) is 13.6. The summed E-state index contributed by atoms with van der Waals surface area (Å²) in [5.74, 6) is 3.41. The zero-order valence-corrected chi connectivity index (χ0v) is 21.2. The van der Waals surface area contributed by atoms with Crippen LogP contribution in [0.15, 0.2) is 0 Å². The Balaban J connectivity index is 0.00000118. The van der Waals surface area contributed by atoms with E-state index in [9.17, 15) is 9.90 Å². The molecule has 3 nitrogen and oxygen atoms in total. The first-order chi connectivity index (χ1) is 14.7. The number of carboxylic acid groups (broad SMARTS) is 1. The van der Waals surface area contributed by atoms with Gasteiger partial charge >= 0.3 is 5.97 Å². The fourth-order valence-corrected chi connectivity index (χ4v) is 9.57. The molecule has 0 aromatic heterocycles. The maximum Gasteiger partial charge on any atom is 0.303 e.